The van der Waals surface area contributed by atoms with E-state index in [1.54, 1.807) is 0 Å². The van der Waals surface area contributed by atoms with Crippen molar-refractivity contribution in [2.24, 2.45) is 5.92 Å². The number of amides is 2. The summed E-state index contributed by atoms with van der Waals surface area (Å²) >= 11 is 0. The highest BCUT2D eigenvalue weighted by Crippen LogP contribution is 2.24. The Morgan fingerprint density at radius 2 is 1.92 bits per heavy atom. The minimum Gasteiger partial charge on any atom is -0.459 e. The molecule has 2 rings (SSSR count). The van der Waals surface area contributed by atoms with Crippen molar-refractivity contribution in [1.29, 1.82) is 0 Å². The summed E-state index contributed by atoms with van der Waals surface area (Å²) in [5.74, 6) is -2.04. The first-order valence-corrected chi connectivity index (χ1v) is 8.45. The predicted octanol–water partition coefficient (Wildman–Crippen LogP) is 2.73. The van der Waals surface area contributed by atoms with Crippen LogP contribution in [-0.2, 0) is 25.5 Å². The largest absolute Gasteiger partial charge is 0.459 e. The van der Waals surface area contributed by atoms with E-state index in [0.29, 0.717) is 19.4 Å². The molecule has 1 saturated heterocycles. The molecule has 1 heterocycles. The van der Waals surface area contributed by atoms with E-state index >= 15 is 0 Å². The van der Waals surface area contributed by atoms with Gasteiger partial charge in [-0.05, 0) is 38.7 Å². The fourth-order valence-electron chi connectivity index (χ4n) is 2.59. The Morgan fingerprint density at radius 3 is 2.54 bits per heavy atom. The van der Waals surface area contributed by atoms with Crippen molar-refractivity contribution in [2.75, 3.05) is 6.54 Å². The smallest absolute Gasteiger partial charge is 0.319 e. The van der Waals surface area contributed by atoms with Crippen LogP contribution < -0.4 is 0 Å². The average Bonchev–Trinajstić information content (AvgIpc) is 2.55. The Morgan fingerprint density at radius 1 is 1.25 bits per heavy atom. The number of rotatable bonds is 6. The third-order valence-corrected chi connectivity index (χ3v) is 4.49. The molecule has 1 aromatic carbocycles. The zero-order valence-electron chi connectivity index (χ0n) is 14.6. The molecule has 1 atom stereocenters. The van der Waals surface area contributed by atoms with Crippen LogP contribution in [0.25, 0.3) is 0 Å². The van der Waals surface area contributed by atoms with Gasteiger partial charge >= 0.3 is 5.97 Å². The van der Waals surface area contributed by atoms with E-state index < -0.39 is 23.4 Å². The Hall–Kier alpha value is -2.17. The Labute approximate surface area is 143 Å². The van der Waals surface area contributed by atoms with Crippen molar-refractivity contribution in [2.45, 2.75) is 52.1 Å². The van der Waals surface area contributed by atoms with Gasteiger partial charge in [0.15, 0.2) is 0 Å². The van der Waals surface area contributed by atoms with Gasteiger partial charge in [0, 0.05) is 13.0 Å². The highest BCUT2D eigenvalue weighted by atomic mass is 16.6. The summed E-state index contributed by atoms with van der Waals surface area (Å²) < 4.78 is 5.45. The minimum absolute atomic E-state index is 0.201. The number of ether oxygens (including phenoxy) is 1. The maximum atomic E-state index is 12.6. The van der Waals surface area contributed by atoms with Crippen LogP contribution in [0, 0.1) is 5.92 Å². The number of piperidine rings is 1. The van der Waals surface area contributed by atoms with Gasteiger partial charge in [0.2, 0.25) is 11.8 Å². The van der Waals surface area contributed by atoms with E-state index in [1.165, 1.54) is 4.90 Å². The van der Waals surface area contributed by atoms with Crippen molar-refractivity contribution < 1.29 is 19.1 Å². The van der Waals surface area contributed by atoms with Gasteiger partial charge in [0.25, 0.3) is 0 Å². The van der Waals surface area contributed by atoms with Gasteiger partial charge in [-0.25, -0.2) is 0 Å². The molecule has 1 aromatic rings. The first-order chi connectivity index (χ1) is 11.3. The van der Waals surface area contributed by atoms with E-state index in [1.807, 2.05) is 51.1 Å². The number of esters is 1. The molecule has 24 heavy (non-hydrogen) atoms. The van der Waals surface area contributed by atoms with Gasteiger partial charge < -0.3 is 4.74 Å². The topological polar surface area (TPSA) is 63.7 Å². The summed E-state index contributed by atoms with van der Waals surface area (Å²) in [6, 6.07) is 9.66. The number of imide groups is 1. The third-order valence-electron chi connectivity index (χ3n) is 4.49. The molecular formula is C19H25NO4. The molecule has 0 spiro atoms. The van der Waals surface area contributed by atoms with Crippen molar-refractivity contribution in [1.82, 2.24) is 4.90 Å². The first-order valence-electron chi connectivity index (χ1n) is 8.45. The third kappa shape index (κ3) is 4.43. The summed E-state index contributed by atoms with van der Waals surface area (Å²) in [7, 11) is 0. The lowest BCUT2D eigenvalue weighted by molar-refractivity contribution is -0.170. The highest BCUT2D eigenvalue weighted by Gasteiger charge is 2.40. The van der Waals surface area contributed by atoms with Crippen LogP contribution in [-0.4, -0.2) is 34.8 Å². The fraction of sp³-hybridized carbons (Fsp3) is 0.526. The van der Waals surface area contributed by atoms with E-state index in [0.717, 1.165) is 5.56 Å². The van der Waals surface area contributed by atoms with Crippen LogP contribution in [0.4, 0.5) is 0 Å². The fourth-order valence-corrected chi connectivity index (χ4v) is 2.59. The normalized spacial score (nSPS) is 18.6. The maximum Gasteiger partial charge on any atom is 0.319 e. The van der Waals surface area contributed by atoms with Gasteiger partial charge in [0.1, 0.15) is 11.5 Å². The van der Waals surface area contributed by atoms with Gasteiger partial charge in [-0.2, -0.15) is 0 Å². The lowest BCUT2D eigenvalue weighted by atomic mass is 9.95. The molecule has 1 fully saturated rings. The predicted molar refractivity (Wildman–Crippen MR) is 90.1 cm³/mol. The van der Waals surface area contributed by atoms with Crippen LogP contribution in [0.15, 0.2) is 30.3 Å². The zero-order chi connectivity index (χ0) is 17.7. The molecule has 0 aliphatic carbocycles. The van der Waals surface area contributed by atoms with Crippen molar-refractivity contribution >= 4 is 17.8 Å². The number of hydrogen-bond acceptors (Lipinski definition) is 4. The monoisotopic (exact) mass is 331 g/mol. The molecule has 1 aliphatic rings. The average molecular weight is 331 g/mol. The summed E-state index contributed by atoms with van der Waals surface area (Å²) in [6.07, 6.45) is 1.68. The van der Waals surface area contributed by atoms with Crippen molar-refractivity contribution in [3.05, 3.63) is 35.9 Å². The molecule has 0 bridgehead atoms. The summed E-state index contributed by atoms with van der Waals surface area (Å²) in [5, 5.41) is 0. The molecule has 2 amide bonds. The molecule has 1 aliphatic heterocycles. The second kappa shape index (κ2) is 7.60. The molecule has 5 heteroatoms. The minimum atomic E-state index is -0.871. The molecule has 130 valence electrons. The molecule has 5 nitrogen and oxygen atoms in total. The van der Waals surface area contributed by atoms with E-state index in [-0.39, 0.29) is 18.7 Å². The SMILES string of the molecule is CCC(C)(C)OC(=O)C1CCC(=O)N(CCc2ccccc2)C1=O. The number of nitrogens with zero attached hydrogens (tertiary/aromatic N) is 1. The van der Waals surface area contributed by atoms with Crippen LogP contribution >= 0.6 is 0 Å². The zero-order valence-corrected chi connectivity index (χ0v) is 14.6. The second-order valence-electron chi connectivity index (χ2n) is 6.74. The molecule has 0 aromatic heterocycles. The molecule has 1 unspecified atom stereocenters. The van der Waals surface area contributed by atoms with Crippen molar-refractivity contribution in [3.63, 3.8) is 0 Å². The van der Waals surface area contributed by atoms with E-state index in [2.05, 4.69) is 0 Å². The van der Waals surface area contributed by atoms with Gasteiger partial charge in [0.05, 0.1) is 0 Å². The lowest BCUT2D eigenvalue weighted by Gasteiger charge is -2.32. The lowest BCUT2D eigenvalue weighted by Crippen LogP contribution is -2.49. The number of likely N-dealkylation sites (tertiary alicyclic amines) is 1. The van der Waals surface area contributed by atoms with Crippen LogP contribution in [0.2, 0.25) is 0 Å². The van der Waals surface area contributed by atoms with Crippen LogP contribution in [0.1, 0.15) is 45.6 Å². The summed E-state index contributed by atoms with van der Waals surface area (Å²) in [5.41, 5.74) is 0.447. The maximum absolute atomic E-state index is 12.6. The van der Waals surface area contributed by atoms with Gasteiger partial charge in [-0.1, -0.05) is 37.3 Å². The molecule has 0 radical (unpaired) electrons. The number of carbonyl (C=O) groups excluding carboxylic acids is 3. The number of hydrogen-bond donors (Lipinski definition) is 0. The van der Waals surface area contributed by atoms with Crippen LogP contribution in [0.5, 0.6) is 0 Å². The van der Waals surface area contributed by atoms with E-state index in [9.17, 15) is 14.4 Å². The molecular weight excluding hydrogens is 306 g/mol. The Bertz CT molecular complexity index is 609. The molecule has 0 N–H and O–H groups in total. The van der Waals surface area contributed by atoms with Crippen LogP contribution in [0.3, 0.4) is 0 Å². The Balaban J connectivity index is 2.02. The van der Waals surface area contributed by atoms with Gasteiger partial charge in [-0.3, -0.25) is 19.3 Å². The second-order valence-corrected chi connectivity index (χ2v) is 6.74. The van der Waals surface area contributed by atoms with Crippen molar-refractivity contribution in [3.8, 4) is 0 Å². The first kappa shape index (κ1) is 18.2. The summed E-state index contributed by atoms with van der Waals surface area (Å²) in [6.45, 7) is 5.85. The number of carbonyl (C=O) groups is 3. The van der Waals surface area contributed by atoms with Gasteiger partial charge in [-0.15, -0.1) is 0 Å². The summed E-state index contributed by atoms with van der Waals surface area (Å²) in [4.78, 5) is 38.2. The molecule has 0 saturated carbocycles. The van der Waals surface area contributed by atoms with E-state index in [4.69, 9.17) is 4.74 Å². The number of benzene rings is 1. The Kier molecular flexibility index (Phi) is 5.75. The highest BCUT2D eigenvalue weighted by molar-refractivity contribution is 6.07. The standard InChI is InChI=1S/C19H25NO4/c1-4-19(2,3)24-18(23)15-10-11-16(21)20(17(15)22)13-12-14-8-6-5-7-9-14/h5-9,15H,4,10-13H2,1-3H3. The quantitative estimate of drug-likeness (QED) is 0.457.